The predicted octanol–water partition coefficient (Wildman–Crippen LogP) is 1.55. The Labute approximate surface area is 109 Å². The van der Waals surface area contributed by atoms with Crippen molar-refractivity contribution in [3.8, 4) is 0 Å². The topological polar surface area (TPSA) is 60.0 Å². The highest BCUT2D eigenvalue weighted by atomic mass is 16.2. The number of hydrogen-bond acceptors (Lipinski definition) is 2. The van der Waals surface area contributed by atoms with Gasteiger partial charge in [0.15, 0.2) is 0 Å². The summed E-state index contributed by atoms with van der Waals surface area (Å²) in [4.78, 5) is 12.3. The first-order valence-corrected chi connectivity index (χ1v) is 6.75. The third-order valence-electron chi connectivity index (χ3n) is 4.03. The van der Waals surface area contributed by atoms with Gasteiger partial charge in [0, 0.05) is 32.5 Å². The number of nitrogens with zero attached hydrogens (tertiary/aromatic N) is 1. The van der Waals surface area contributed by atoms with E-state index in [1.807, 2.05) is 30.1 Å². The molecule has 1 saturated carbocycles. The standard InChI is InChI=1S/C14H23N3O/c1-17-8-5-12(10-17)9-16-13(18)14(11-15)6-3-2-4-7-14/h5,8,10H,2-4,6-7,9,11,15H2,1H3,(H,16,18). The van der Waals surface area contributed by atoms with E-state index in [4.69, 9.17) is 5.73 Å². The molecule has 1 aromatic heterocycles. The van der Waals surface area contributed by atoms with Crippen LogP contribution in [0.5, 0.6) is 0 Å². The van der Waals surface area contributed by atoms with Gasteiger partial charge in [-0.05, 0) is 24.5 Å². The van der Waals surface area contributed by atoms with Crippen molar-refractivity contribution in [3.05, 3.63) is 24.0 Å². The second-order valence-corrected chi connectivity index (χ2v) is 5.41. The van der Waals surface area contributed by atoms with E-state index >= 15 is 0 Å². The molecule has 2 rings (SSSR count). The zero-order valence-electron chi connectivity index (χ0n) is 11.1. The van der Waals surface area contributed by atoms with Gasteiger partial charge < -0.3 is 15.6 Å². The minimum Gasteiger partial charge on any atom is -0.357 e. The Kier molecular flexibility index (Phi) is 4.07. The molecule has 4 heteroatoms. The van der Waals surface area contributed by atoms with E-state index in [1.54, 1.807) is 0 Å². The number of carbonyl (C=O) groups is 1. The molecule has 0 unspecified atom stereocenters. The SMILES string of the molecule is Cn1ccc(CNC(=O)C2(CN)CCCCC2)c1. The number of aryl methyl sites for hydroxylation is 1. The van der Waals surface area contributed by atoms with Gasteiger partial charge in [-0.2, -0.15) is 0 Å². The fourth-order valence-corrected chi connectivity index (χ4v) is 2.79. The van der Waals surface area contributed by atoms with Crippen LogP contribution in [-0.2, 0) is 18.4 Å². The Morgan fingerprint density at radius 2 is 2.17 bits per heavy atom. The Balaban J connectivity index is 1.93. The fourth-order valence-electron chi connectivity index (χ4n) is 2.79. The summed E-state index contributed by atoms with van der Waals surface area (Å²) in [5, 5.41) is 3.04. The number of aromatic nitrogens is 1. The number of hydrogen-bond donors (Lipinski definition) is 2. The van der Waals surface area contributed by atoms with Gasteiger partial charge in [-0.15, -0.1) is 0 Å². The lowest BCUT2D eigenvalue weighted by Gasteiger charge is -2.34. The van der Waals surface area contributed by atoms with Gasteiger partial charge in [0.25, 0.3) is 0 Å². The van der Waals surface area contributed by atoms with Crippen LogP contribution in [0.3, 0.4) is 0 Å². The fraction of sp³-hybridized carbons (Fsp3) is 0.643. The molecule has 1 aliphatic rings. The number of rotatable bonds is 4. The summed E-state index contributed by atoms with van der Waals surface area (Å²) < 4.78 is 1.99. The molecule has 0 aliphatic heterocycles. The molecule has 0 spiro atoms. The number of amides is 1. The third-order valence-corrected chi connectivity index (χ3v) is 4.03. The first-order chi connectivity index (χ1) is 8.66. The zero-order chi connectivity index (χ0) is 13.0. The van der Waals surface area contributed by atoms with Crippen molar-refractivity contribution >= 4 is 5.91 Å². The van der Waals surface area contributed by atoms with E-state index in [9.17, 15) is 4.79 Å². The molecular weight excluding hydrogens is 226 g/mol. The molecule has 0 atom stereocenters. The van der Waals surface area contributed by atoms with Crippen LogP contribution in [0.15, 0.2) is 18.5 Å². The summed E-state index contributed by atoms with van der Waals surface area (Å²) in [6.45, 7) is 1.06. The van der Waals surface area contributed by atoms with Gasteiger partial charge in [0.05, 0.1) is 5.41 Å². The molecule has 1 heterocycles. The minimum atomic E-state index is -0.312. The van der Waals surface area contributed by atoms with Crippen LogP contribution >= 0.6 is 0 Å². The molecule has 0 saturated heterocycles. The number of nitrogens with two attached hydrogens (primary N) is 1. The van der Waals surface area contributed by atoms with Crippen LogP contribution in [0, 0.1) is 5.41 Å². The first-order valence-electron chi connectivity index (χ1n) is 6.75. The van der Waals surface area contributed by atoms with E-state index in [0.29, 0.717) is 13.1 Å². The van der Waals surface area contributed by atoms with Gasteiger partial charge >= 0.3 is 0 Å². The predicted molar refractivity (Wildman–Crippen MR) is 71.8 cm³/mol. The molecule has 1 fully saturated rings. The summed E-state index contributed by atoms with van der Waals surface area (Å²) in [6.07, 6.45) is 9.35. The van der Waals surface area contributed by atoms with Crippen LogP contribution < -0.4 is 11.1 Å². The summed E-state index contributed by atoms with van der Waals surface area (Å²) in [5.41, 5.74) is 6.67. The molecular formula is C14H23N3O. The van der Waals surface area contributed by atoms with E-state index in [1.165, 1.54) is 6.42 Å². The lowest BCUT2D eigenvalue weighted by atomic mass is 9.73. The van der Waals surface area contributed by atoms with Gasteiger partial charge in [0.2, 0.25) is 5.91 Å². The second kappa shape index (κ2) is 5.57. The molecule has 1 aromatic rings. The van der Waals surface area contributed by atoms with E-state index in [-0.39, 0.29) is 11.3 Å². The van der Waals surface area contributed by atoms with Crippen LogP contribution in [0.25, 0.3) is 0 Å². The highest BCUT2D eigenvalue weighted by Gasteiger charge is 2.37. The van der Waals surface area contributed by atoms with Gasteiger partial charge in [-0.25, -0.2) is 0 Å². The lowest BCUT2D eigenvalue weighted by molar-refractivity contribution is -0.132. The Morgan fingerprint density at radius 1 is 1.44 bits per heavy atom. The summed E-state index contributed by atoms with van der Waals surface area (Å²) in [6, 6.07) is 2.02. The van der Waals surface area contributed by atoms with Gasteiger partial charge in [-0.1, -0.05) is 19.3 Å². The Hall–Kier alpha value is -1.29. The van der Waals surface area contributed by atoms with Crippen molar-refractivity contribution in [3.63, 3.8) is 0 Å². The van der Waals surface area contributed by atoms with Crippen molar-refractivity contribution in [1.29, 1.82) is 0 Å². The van der Waals surface area contributed by atoms with Crippen LogP contribution in [0.1, 0.15) is 37.7 Å². The molecule has 0 bridgehead atoms. The van der Waals surface area contributed by atoms with Gasteiger partial charge in [-0.3, -0.25) is 4.79 Å². The largest absolute Gasteiger partial charge is 0.357 e. The summed E-state index contributed by atoms with van der Waals surface area (Å²) >= 11 is 0. The molecule has 0 aromatic carbocycles. The molecule has 18 heavy (non-hydrogen) atoms. The molecule has 4 nitrogen and oxygen atoms in total. The van der Waals surface area contributed by atoms with Crippen molar-refractivity contribution < 1.29 is 4.79 Å². The summed E-state index contributed by atoms with van der Waals surface area (Å²) in [7, 11) is 1.98. The Bertz CT molecular complexity index is 405. The Morgan fingerprint density at radius 3 is 2.72 bits per heavy atom. The maximum Gasteiger partial charge on any atom is 0.227 e. The van der Waals surface area contributed by atoms with Crippen LogP contribution in [0.2, 0.25) is 0 Å². The van der Waals surface area contributed by atoms with E-state index < -0.39 is 0 Å². The maximum absolute atomic E-state index is 12.3. The molecule has 0 radical (unpaired) electrons. The smallest absolute Gasteiger partial charge is 0.227 e. The van der Waals surface area contributed by atoms with E-state index in [2.05, 4.69) is 5.32 Å². The quantitative estimate of drug-likeness (QED) is 0.850. The number of nitrogens with one attached hydrogen (secondary N) is 1. The minimum absolute atomic E-state index is 0.133. The van der Waals surface area contributed by atoms with Crippen molar-refractivity contribution in [2.24, 2.45) is 18.2 Å². The van der Waals surface area contributed by atoms with Crippen LogP contribution in [-0.4, -0.2) is 17.0 Å². The monoisotopic (exact) mass is 249 g/mol. The normalized spacial score (nSPS) is 18.6. The first kappa shape index (κ1) is 13.1. The average Bonchev–Trinajstić information content (AvgIpc) is 2.82. The third kappa shape index (κ3) is 2.75. The van der Waals surface area contributed by atoms with Crippen molar-refractivity contribution in [2.45, 2.75) is 38.6 Å². The highest BCUT2D eigenvalue weighted by Crippen LogP contribution is 2.35. The average molecular weight is 249 g/mol. The van der Waals surface area contributed by atoms with E-state index in [0.717, 1.165) is 31.2 Å². The van der Waals surface area contributed by atoms with Crippen molar-refractivity contribution in [2.75, 3.05) is 6.54 Å². The van der Waals surface area contributed by atoms with Gasteiger partial charge in [0.1, 0.15) is 0 Å². The second-order valence-electron chi connectivity index (χ2n) is 5.41. The van der Waals surface area contributed by atoms with Crippen LogP contribution in [0.4, 0.5) is 0 Å². The molecule has 3 N–H and O–H groups in total. The maximum atomic E-state index is 12.3. The van der Waals surface area contributed by atoms with Crippen molar-refractivity contribution in [1.82, 2.24) is 9.88 Å². The molecule has 1 amide bonds. The molecule has 100 valence electrons. The highest BCUT2D eigenvalue weighted by molar-refractivity contribution is 5.83. The summed E-state index contributed by atoms with van der Waals surface area (Å²) in [5.74, 6) is 0.133. The number of carbonyl (C=O) groups excluding carboxylic acids is 1. The zero-order valence-corrected chi connectivity index (χ0v) is 11.1. The lowest BCUT2D eigenvalue weighted by Crippen LogP contribution is -2.46. The molecule has 1 aliphatic carbocycles.